The second kappa shape index (κ2) is 5.24. The molecular formula is C21H30O2. The van der Waals surface area contributed by atoms with Crippen LogP contribution in [0.5, 0.6) is 5.75 Å². The maximum Gasteiger partial charge on any atom is 0.119 e. The lowest BCUT2D eigenvalue weighted by atomic mass is 9.53. The van der Waals surface area contributed by atoms with Gasteiger partial charge in [0, 0.05) is 0 Å². The molecule has 126 valence electrons. The van der Waals surface area contributed by atoms with Crippen molar-refractivity contribution in [3.63, 3.8) is 0 Å². The summed E-state index contributed by atoms with van der Waals surface area (Å²) in [5.41, 5.74) is 2.77. The summed E-state index contributed by atoms with van der Waals surface area (Å²) in [6, 6.07) is 6.69. The van der Waals surface area contributed by atoms with Crippen LogP contribution in [0.1, 0.15) is 69.4 Å². The minimum Gasteiger partial charge on any atom is -0.497 e. The molecule has 0 unspecified atom stereocenters. The van der Waals surface area contributed by atoms with Gasteiger partial charge in [0.05, 0.1) is 12.7 Å². The number of hydrogen-bond acceptors (Lipinski definition) is 2. The van der Waals surface area contributed by atoms with E-state index in [1.54, 1.807) is 12.7 Å². The van der Waals surface area contributed by atoms with Crippen molar-refractivity contribution in [3.05, 3.63) is 29.3 Å². The van der Waals surface area contributed by atoms with Gasteiger partial charge in [0.15, 0.2) is 0 Å². The Morgan fingerprint density at radius 3 is 2.78 bits per heavy atom. The van der Waals surface area contributed by atoms with Gasteiger partial charge >= 0.3 is 0 Å². The van der Waals surface area contributed by atoms with Crippen molar-refractivity contribution in [2.45, 2.75) is 70.3 Å². The van der Waals surface area contributed by atoms with E-state index in [4.69, 9.17) is 4.74 Å². The molecule has 0 aliphatic heterocycles. The van der Waals surface area contributed by atoms with Crippen molar-refractivity contribution in [3.8, 4) is 5.75 Å². The summed E-state index contributed by atoms with van der Waals surface area (Å²) >= 11 is 0. The topological polar surface area (TPSA) is 29.5 Å². The highest BCUT2D eigenvalue weighted by Crippen LogP contribution is 2.64. The summed E-state index contributed by atoms with van der Waals surface area (Å²) in [4.78, 5) is 0. The number of benzene rings is 1. The van der Waals surface area contributed by atoms with Gasteiger partial charge in [0.25, 0.3) is 0 Å². The fourth-order valence-corrected chi connectivity index (χ4v) is 6.38. The number of methoxy groups -OCH3 is 1. The third-order valence-electron chi connectivity index (χ3n) is 7.84. The highest BCUT2D eigenvalue weighted by Gasteiger charge is 2.60. The van der Waals surface area contributed by atoms with E-state index in [0.717, 1.165) is 24.5 Å². The summed E-state index contributed by atoms with van der Waals surface area (Å²) < 4.78 is 5.41. The van der Waals surface area contributed by atoms with Crippen molar-refractivity contribution in [1.29, 1.82) is 0 Å². The molecule has 0 saturated heterocycles. The van der Waals surface area contributed by atoms with Gasteiger partial charge in [-0.1, -0.05) is 19.9 Å². The van der Waals surface area contributed by atoms with E-state index < -0.39 is 5.60 Å². The number of rotatable bonds is 2. The second-order valence-electron chi connectivity index (χ2n) is 8.36. The first-order valence-electron chi connectivity index (χ1n) is 9.41. The number of ether oxygens (including phenoxy) is 1. The van der Waals surface area contributed by atoms with E-state index in [1.807, 2.05) is 0 Å². The molecular weight excluding hydrogens is 284 g/mol. The van der Waals surface area contributed by atoms with E-state index in [-0.39, 0.29) is 5.41 Å². The summed E-state index contributed by atoms with van der Waals surface area (Å²) in [7, 11) is 1.75. The van der Waals surface area contributed by atoms with E-state index in [2.05, 4.69) is 32.0 Å². The number of fused-ring (bicyclic) bond motifs is 5. The van der Waals surface area contributed by atoms with Crippen LogP contribution in [-0.4, -0.2) is 17.8 Å². The van der Waals surface area contributed by atoms with Crippen LogP contribution in [0, 0.1) is 17.3 Å². The molecule has 4 rings (SSSR count). The lowest BCUT2D eigenvalue weighted by Gasteiger charge is -2.53. The van der Waals surface area contributed by atoms with Gasteiger partial charge in [-0.2, -0.15) is 0 Å². The summed E-state index contributed by atoms with van der Waals surface area (Å²) in [5, 5.41) is 11.2. The molecule has 2 heteroatoms. The molecule has 2 fully saturated rings. The van der Waals surface area contributed by atoms with Gasteiger partial charge in [-0.15, -0.1) is 0 Å². The molecule has 23 heavy (non-hydrogen) atoms. The largest absolute Gasteiger partial charge is 0.497 e. The highest BCUT2D eigenvalue weighted by atomic mass is 16.5. The van der Waals surface area contributed by atoms with E-state index >= 15 is 0 Å². The average Bonchev–Trinajstić information content (AvgIpc) is 2.86. The van der Waals surface area contributed by atoms with E-state index in [9.17, 15) is 5.11 Å². The van der Waals surface area contributed by atoms with Crippen LogP contribution >= 0.6 is 0 Å². The molecule has 1 N–H and O–H groups in total. The number of hydrogen-bond donors (Lipinski definition) is 1. The van der Waals surface area contributed by atoms with Crippen LogP contribution in [0.3, 0.4) is 0 Å². The average molecular weight is 314 g/mol. The van der Waals surface area contributed by atoms with Crippen molar-refractivity contribution in [1.82, 2.24) is 0 Å². The second-order valence-corrected chi connectivity index (χ2v) is 8.36. The first-order chi connectivity index (χ1) is 11.0. The quantitative estimate of drug-likeness (QED) is 0.858. The monoisotopic (exact) mass is 314 g/mol. The van der Waals surface area contributed by atoms with Gasteiger partial charge < -0.3 is 9.84 Å². The third kappa shape index (κ3) is 2.03. The summed E-state index contributed by atoms with van der Waals surface area (Å²) in [5.74, 6) is 3.14. The molecule has 0 radical (unpaired) electrons. The molecule has 3 aliphatic rings. The molecule has 2 nitrogen and oxygen atoms in total. The van der Waals surface area contributed by atoms with Gasteiger partial charge in [0.1, 0.15) is 5.75 Å². The molecule has 1 aromatic carbocycles. The standard InChI is InChI=1S/C21H30O2/c1-4-21(22)12-10-19-18-7-5-14-13-15(23-3)6-8-16(14)17(18)9-11-20(19,21)2/h6,8,13,17-19,22H,4-5,7,9-12H2,1-3H3/t17-,18+,19+,20-,21+/m0/s1. The van der Waals surface area contributed by atoms with Crippen molar-refractivity contribution < 1.29 is 9.84 Å². The maximum absolute atomic E-state index is 11.2. The number of aliphatic hydroxyl groups is 1. The Kier molecular flexibility index (Phi) is 3.53. The molecule has 1 aromatic rings. The Hall–Kier alpha value is -1.02. The lowest BCUT2D eigenvalue weighted by molar-refractivity contribution is -0.104. The smallest absolute Gasteiger partial charge is 0.119 e. The van der Waals surface area contributed by atoms with Crippen LogP contribution in [-0.2, 0) is 6.42 Å². The fourth-order valence-electron chi connectivity index (χ4n) is 6.38. The molecule has 2 saturated carbocycles. The Labute approximate surface area is 140 Å². The highest BCUT2D eigenvalue weighted by molar-refractivity contribution is 5.40. The van der Waals surface area contributed by atoms with Crippen molar-refractivity contribution in [2.75, 3.05) is 7.11 Å². The molecule has 0 bridgehead atoms. The lowest BCUT2D eigenvalue weighted by Crippen LogP contribution is -2.50. The molecule has 5 atom stereocenters. The summed E-state index contributed by atoms with van der Waals surface area (Å²) in [6.45, 7) is 4.55. The Bertz CT molecular complexity index is 610. The zero-order valence-electron chi connectivity index (χ0n) is 14.8. The predicted octanol–water partition coefficient (Wildman–Crippen LogP) is 4.69. The van der Waals surface area contributed by atoms with Crippen LogP contribution in [0.25, 0.3) is 0 Å². The minimum absolute atomic E-state index is 0.132. The first-order valence-corrected chi connectivity index (χ1v) is 9.41. The normalized spacial score (nSPS) is 41.8. The summed E-state index contributed by atoms with van der Waals surface area (Å²) in [6.07, 6.45) is 7.99. The van der Waals surface area contributed by atoms with Crippen LogP contribution < -0.4 is 4.74 Å². The Morgan fingerprint density at radius 2 is 2.04 bits per heavy atom. The first kappa shape index (κ1) is 15.5. The maximum atomic E-state index is 11.2. The van der Waals surface area contributed by atoms with E-state index in [1.165, 1.54) is 37.7 Å². The van der Waals surface area contributed by atoms with Gasteiger partial charge in [-0.3, -0.25) is 0 Å². The van der Waals surface area contributed by atoms with Gasteiger partial charge in [-0.05, 0) is 91.4 Å². The molecule has 0 heterocycles. The van der Waals surface area contributed by atoms with Crippen molar-refractivity contribution in [2.24, 2.45) is 17.3 Å². The van der Waals surface area contributed by atoms with Crippen LogP contribution in [0.15, 0.2) is 18.2 Å². The Balaban J connectivity index is 1.68. The SMILES string of the molecule is CC[C@@]1(O)CC[C@@H]2[C@@H]3CCc4cc(OC)ccc4[C@@H]3CC[C@@]21C. The van der Waals surface area contributed by atoms with Gasteiger partial charge in [-0.25, -0.2) is 0 Å². The predicted molar refractivity (Wildman–Crippen MR) is 92.9 cm³/mol. The molecule has 0 aromatic heterocycles. The fraction of sp³-hybridized carbons (Fsp3) is 0.714. The molecule has 0 spiro atoms. The van der Waals surface area contributed by atoms with Crippen molar-refractivity contribution >= 4 is 0 Å². The zero-order chi connectivity index (χ0) is 16.2. The van der Waals surface area contributed by atoms with E-state index in [0.29, 0.717) is 11.8 Å². The molecule has 3 aliphatic carbocycles. The molecule has 0 amide bonds. The minimum atomic E-state index is -0.428. The third-order valence-corrected chi connectivity index (χ3v) is 7.84. The zero-order valence-corrected chi connectivity index (χ0v) is 14.8. The van der Waals surface area contributed by atoms with Crippen LogP contribution in [0.4, 0.5) is 0 Å². The number of aryl methyl sites for hydroxylation is 1. The van der Waals surface area contributed by atoms with Gasteiger partial charge in [0.2, 0.25) is 0 Å². The Morgan fingerprint density at radius 1 is 1.22 bits per heavy atom. The van der Waals surface area contributed by atoms with Crippen LogP contribution in [0.2, 0.25) is 0 Å².